The van der Waals surface area contributed by atoms with E-state index in [2.05, 4.69) is 17.5 Å². The Balaban J connectivity index is 2.33. The van der Waals surface area contributed by atoms with Gasteiger partial charge in [0.2, 0.25) is 0 Å². The first-order valence-electron chi connectivity index (χ1n) is 4.88. The van der Waals surface area contributed by atoms with Gasteiger partial charge in [0.1, 0.15) is 6.04 Å². The van der Waals surface area contributed by atoms with Crippen LogP contribution in [0.25, 0.3) is 0 Å². The van der Waals surface area contributed by atoms with E-state index in [0.717, 1.165) is 19.3 Å². The van der Waals surface area contributed by atoms with E-state index in [-0.39, 0.29) is 6.04 Å². The standard InChI is InChI=1S/C10H17NO2/c1-2-5-9(10(12)13)11-8-6-3-4-7-8/h3-4,8-9,11H,2,5-7H2,1H3,(H,12,13). The predicted octanol–water partition coefficient (Wildman–Crippen LogP) is 1.55. The van der Waals surface area contributed by atoms with E-state index in [0.29, 0.717) is 12.5 Å². The molecule has 0 aromatic rings. The number of carbonyl (C=O) groups is 1. The van der Waals surface area contributed by atoms with Crippen molar-refractivity contribution in [2.45, 2.75) is 44.7 Å². The molecule has 3 nitrogen and oxygen atoms in total. The minimum Gasteiger partial charge on any atom is -0.480 e. The summed E-state index contributed by atoms with van der Waals surface area (Å²) in [7, 11) is 0. The summed E-state index contributed by atoms with van der Waals surface area (Å²) in [5.41, 5.74) is 0. The molecule has 1 rings (SSSR count). The van der Waals surface area contributed by atoms with E-state index >= 15 is 0 Å². The number of hydrogen-bond acceptors (Lipinski definition) is 2. The molecule has 0 amide bonds. The number of carboxylic acid groups (broad SMARTS) is 1. The van der Waals surface area contributed by atoms with Crippen molar-refractivity contribution in [3.8, 4) is 0 Å². The van der Waals surface area contributed by atoms with Crippen LogP contribution in [0.5, 0.6) is 0 Å². The molecule has 74 valence electrons. The topological polar surface area (TPSA) is 49.3 Å². The lowest BCUT2D eigenvalue weighted by Crippen LogP contribution is -2.42. The average molecular weight is 183 g/mol. The largest absolute Gasteiger partial charge is 0.480 e. The first-order valence-corrected chi connectivity index (χ1v) is 4.88. The van der Waals surface area contributed by atoms with Gasteiger partial charge < -0.3 is 10.4 Å². The van der Waals surface area contributed by atoms with Crippen molar-refractivity contribution >= 4 is 5.97 Å². The smallest absolute Gasteiger partial charge is 0.320 e. The summed E-state index contributed by atoms with van der Waals surface area (Å²) in [5.74, 6) is -0.728. The number of aliphatic carboxylic acids is 1. The minimum atomic E-state index is -0.728. The third kappa shape index (κ3) is 3.19. The molecular weight excluding hydrogens is 166 g/mol. The summed E-state index contributed by atoms with van der Waals surface area (Å²) in [6.07, 6.45) is 7.75. The van der Waals surface area contributed by atoms with Gasteiger partial charge in [0, 0.05) is 6.04 Å². The Morgan fingerprint density at radius 2 is 2.23 bits per heavy atom. The highest BCUT2D eigenvalue weighted by Gasteiger charge is 2.20. The molecule has 1 aliphatic carbocycles. The molecule has 0 radical (unpaired) electrons. The molecule has 0 bridgehead atoms. The fourth-order valence-corrected chi connectivity index (χ4v) is 1.60. The lowest BCUT2D eigenvalue weighted by atomic mass is 10.1. The van der Waals surface area contributed by atoms with Gasteiger partial charge in [0.25, 0.3) is 0 Å². The highest BCUT2D eigenvalue weighted by atomic mass is 16.4. The molecule has 13 heavy (non-hydrogen) atoms. The quantitative estimate of drug-likeness (QED) is 0.636. The van der Waals surface area contributed by atoms with Crippen LogP contribution in [-0.2, 0) is 4.79 Å². The zero-order chi connectivity index (χ0) is 9.68. The second-order valence-corrected chi connectivity index (χ2v) is 3.49. The Morgan fingerprint density at radius 1 is 1.62 bits per heavy atom. The second kappa shape index (κ2) is 5.02. The van der Waals surface area contributed by atoms with E-state index in [1.54, 1.807) is 0 Å². The monoisotopic (exact) mass is 183 g/mol. The van der Waals surface area contributed by atoms with Crippen molar-refractivity contribution < 1.29 is 9.90 Å². The Bertz CT molecular complexity index is 193. The van der Waals surface area contributed by atoms with Crippen molar-refractivity contribution in [1.29, 1.82) is 0 Å². The molecule has 0 heterocycles. The van der Waals surface area contributed by atoms with Crippen molar-refractivity contribution in [3.63, 3.8) is 0 Å². The van der Waals surface area contributed by atoms with Crippen LogP contribution in [0.15, 0.2) is 12.2 Å². The first kappa shape index (κ1) is 10.3. The zero-order valence-corrected chi connectivity index (χ0v) is 7.99. The molecule has 3 heteroatoms. The van der Waals surface area contributed by atoms with Gasteiger partial charge in [-0.1, -0.05) is 25.5 Å². The van der Waals surface area contributed by atoms with Crippen molar-refractivity contribution in [2.75, 3.05) is 0 Å². The summed E-state index contributed by atoms with van der Waals surface area (Å²) < 4.78 is 0. The molecule has 0 aromatic heterocycles. The van der Waals surface area contributed by atoms with E-state index in [4.69, 9.17) is 5.11 Å². The van der Waals surface area contributed by atoms with Crippen molar-refractivity contribution in [1.82, 2.24) is 5.32 Å². The molecule has 0 saturated carbocycles. The average Bonchev–Trinajstić information content (AvgIpc) is 2.56. The zero-order valence-electron chi connectivity index (χ0n) is 7.99. The second-order valence-electron chi connectivity index (χ2n) is 3.49. The van der Waals surface area contributed by atoms with Crippen LogP contribution in [0.2, 0.25) is 0 Å². The minimum absolute atomic E-state index is 0.340. The molecule has 1 atom stereocenters. The van der Waals surface area contributed by atoms with E-state index in [1.807, 2.05) is 6.92 Å². The van der Waals surface area contributed by atoms with Crippen molar-refractivity contribution in [3.05, 3.63) is 12.2 Å². The van der Waals surface area contributed by atoms with Gasteiger partial charge >= 0.3 is 5.97 Å². The molecule has 1 aliphatic rings. The van der Waals surface area contributed by atoms with Crippen LogP contribution in [0.4, 0.5) is 0 Å². The first-order chi connectivity index (χ1) is 6.24. The lowest BCUT2D eigenvalue weighted by Gasteiger charge is -2.18. The summed E-state index contributed by atoms with van der Waals surface area (Å²) in [6, 6.07) is -0.0254. The summed E-state index contributed by atoms with van der Waals surface area (Å²) in [5, 5.41) is 12.0. The maximum atomic E-state index is 10.8. The number of rotatable bonds is 5. The Labute approximate surface area is 78.8 Å². The maximum absolute atomic E-state index is 10.8. The fraction of sp³-hybridized carbons (Fsp3) is 0.700. The van der Waals surface area contributed by atoms with Crippen LogP contribution >= 0.6 is 0 Å². The van der Waals surface area contributed by atoms with Crippen LogP contribution < -0.4 is 5.32 Å². The predicted molar refractivity (Wildman–Crippen MR) is 51.6 cm³/mol. The number of hydrogen-bond donors (Lipinski definition) is 2. The van der Waals surface area contributed by atoms with E-state index in [9.17, 15) is 4.79 Å². The third-order valence-electron chi connectivity index (χ3n) is 2.32. The van der Waals surface area contributed by atoms with E-state index < -0.39 is 5.97 Å². The molecule has 2 N–H and O–H groups in total. The highest BCUT2D eigenvalue weighted by Crippen LogP contribution is 2.11. The fourth-order valence-electron chi connectivity index (χ4n) is 1.60. The molecule has 0 saturated heterocycles. The van der Waals surface area contributed by atoms with Gasteiger partial charge in [0.15, 0.2) is 0 Å². The van der Waals surface area contributed by atoms with Crippen LogP contribution in [0, 0.1) is 0 Å². The Hall–Kier alpha value is -0.830. The van der Waals surface area contributed by atoms with Gasteiger partial charge in [-0.15, -0.1) is 0 Å². The van der Waals surface area contributed by atoms with Gasteiger partial charge in [-0.2, -0.15) is 0 Å². The van der Waals surface area contributed by atoms with Gasteiger partial charge in [-0.05, 0) is 19.3 Å². The van der Waals surface area contributed by atoms with Crippen LogP contribution in [0.1, 0.15) is 32.6 Å². The van der Waals surface area contributed by atoms with Gasteiger partial charge in [-0.3, -0.25) is 4.79 Å². The van der Waals surface area contributed by atoms with Gasteiger partial charge in [-0.25, -0.2) is 0 Å². The Kier molecular flexibility index (Phi) is 3.96. The highest BCUT2D eigenvalue weighted by molar-refractivity contribution is 5.73. The molecule has 0 fully saturated rings. The summed E-state index contributed by atoms with van der Waals surface area (Å²) >= 11 is 0. The van der Waals surface area contributed by atoms with Crippen LogP contribution in [-0.4, -0.2) is 23.2 Å². The number of carboxylic acids is 1. The molecule has 0 spiro atoms. The Morgan fingerprint density at radius 3 is 2.69 bits per heavy atom. The van der Waals surface area contributed by atoms with Crippen molar-refractivity contribution in [2.24, 2.45) is 0 Å². The lowest BCUT2D eigenvalue weighted by molar-refractivity contribution is -0.139. The van der Waals surface area contributed by atoms with E-state index in [1.165, 1.54) is 0 Å². The normalized spacial score (nSPS) is 19.2. The maximum Gasteiger partial charge on any atom is 0.320 e. The van der Waals surface area contributed by atoms with Crippen LogP contribution in [0.3, 0.4) is 0 Å². The molecule has 1 unspecified atom stereocenters. The number of nitrogens with one attached hydrogen (secondary N) is 1. The third-order valence-corrected chi connectivity index (χ3v) is 2.32. The molecule has 0 aromatic carbocycles. The SMILES string of the molecule is CCCC(NC1CC=CC1)C(=O)O. The van der Waals surface area contributed by atoms with Gasteiger partial charge in [0.05, 0.1) is 0 Å². The molecular formula is C10H17NO2. The summed E-state index contributed by atoms with van der Waals surface area (Å²) in [4.78, 5) is 10.8. The molecule has 0 aliphatic heterocycles. The summed E-state index contributed by atoms with van der Waals surface area (Å²) in [6.45, 7) is 2.00.